The number of hydrogen-bond acceptors (Lipinski definition) is 3. The van der Waals surface area contributed by atoms with E-state index in [0.29, 0.717) is 6.54 Å². The summed E-state index contributed by atoms with van der Waals surface area (Å²) in [7, 11) is 1.90. The molecular formula is C21H25N4OS+. The van der Waals surface area contributed by atoms with E-state index in [4.69, 9.17) is 0 Å². The molecule has 3 aromatic rings. The molecule has 140 valence electrons. The fourth-order valence-electron chi connectivity index (χ4n) is 4.04. The number of carbonyl (C=O) groups excluding carboxylic acids is 1. The molecule has 1 aliphatic rings. The molecule has 0 aliphatic carbocycles. The van der Waals surface area contributed by atoms with E-state index in [1.807, 2.05) is 43.0 Å². The van der Waals surface area contributed by atoms with Gasteiger partial charge in [-0.15, -0.1) is 11.3 Å². The van der Waals surface area contributed by atoms with Crippen LogP contribution in [0.25, 0.3) is 0 Å². The smallest absolute Gasteiger partial charge is 0.279 e. The van der Waals surface area contributed by atoms with Crippen molar-refractivity contribution in [1.82, 2.24) is 9.78 Å². The Hall–Kier alpha value is -2.44. The Morgan fingerprint density at radius 1 is 1.30 bits per heavy atom. The predicted molar refractivity (Wildman–Crippen MR) is 108 cm³/mol. The molecule has 0 bridgehead atoms. The van der Waals surface area contributed by atoms with Gasteiger partial charge in [0.15, 0.2) is 6.54 Å². The predicted octanol–water partition coefficient (Wildman–Crippen LogP) is 2.27. The highest BCUT2D eigenvalue weighted by Crippen LogP contribution is 2.29. The maximum Gasteiger partial charge on any atom is 0.279 e. The number of quaternary nitrogens is 1. The van der Waals surface area contributed by atoms with Crippen LogP contribution in [0.4, 0.5) is 5.69 Å². The monoisotopic (exact) mass is 381 g/mol. The van der Waals surface area contributed by atoms with Gasteiger partial charge in [-0.05, 0) is 25.3 Å². The van der Waals surface area contributed by atoms with Crippen LogP contribution >= 0.6 is 11.3 Å². The molecule has 0 saturated carbocycles. The average Bonchev–Trinajstić information content (AvgIpc) is 3.22. The quantitative estimate of drug-likeness (QED) is 0.728. The second kappa shape index (κ2) is 7.29. The lowest BCUT2D eigenvalue weighted by Crippen LogP contribution is -3.14. The van der Waals surface area contributed by atoms with Crippen LogP contribution in [0.15, 0.2) is 41.8 Å². The van der Waals surface area contributed by atoms with Crippen LogP contribution in [0.5, 0.6) is 0 Å². The lowest BCUT2D eigenvalue weighted by molar-refractivity contribution is -0.919. The van der Waals surface area contributed by atoms with Gasteiger partial charge in [0.25, 0.3) is 5.91 Å². The molecule has 5 nitrogen and oxygen atoms in total. The lowest BCUT2D eigenvalue weighted by atomic mass is 9.93. The maximum atomic E-state index is 12.9. The van der Waals surface area contributed by atoms with E-state index < -0.39 is 0 Å². The molecule has 2 aromatic heterocycles. The molecule has 6 heteroatoms. The van der Waals surface area contributed by atoms with Crippen molar-refractivity contribution in [3.8, 4) is 0 Å². The highest BCUT2D eigenvalue weighted by atomic mass is 32.1. The fraction of sp³-hybridized carbons (Fsp3) is 0.333. The van der Waals surface area contributed by atoms with Crippen molar-refractivity contribution >= 4 is 22.9 Å². The normalized spacial score (nSPS) is 18.9. The molecule has 0 saturated heterocycles. The molecular weight excluding hydrogens is 356 g/mol. The Balaban J connectivity index is 1.58. The van der Waals surface area contributed by atoms with Crippen LogP contribution < -0.4 is 10.2 Å². The van der Waals surface area contributed by atoms with Gasteiger partial charge >= 0.3 is 0 Å². The van der Waals surface area contributed by atoms with E-state index in [1.54, 1.807) is 0 Å². The molecule has 1 aliphatic heterocycles. The highest BCUT2D eigenvalue weighted by Gasteiger charge is 2.34. The topological polar surface area (TPSA) is 51.4 Å². The van der Waals surface area contributed by atoms with E-state index in [-0.39, 0.29) is 11.9 Å². The Morgan fingerprint density at radius 2 is 2.07 bits per heavy atom. The third-order valence-corrected chi connectivity index (χ3v) is 6.46. The summed E-state index contributed by atoms with van der Waals surface area (Å²) in [6.07, 6.45) is 1.03. The van der Waals surface area contributed by atoms with Gasteiger partial charge < -0.3 is 10.2 Å². The second-order valence-corrected chi connectivity index (χ2v) is 8.20. The number of anilines is 1. The summed E-state index contributed by atoms with van der Waals surface area (Å²) < 4.78 is 1.81. The van der Waals surface area contributed by atoms with Crippen LogP contribution in [0.1, 0.15) is 33.4 Å². The minimum Gasteiger partial charge on any atom is -0.318 e. The first-order chi connectivity index (χ1) is 13.0. The van der Waals surface area contributed by atoms with Crippen LogP contribution in [0.2, 0.25) is 0 Å². The summed E-state index contributed by atoms with van der Waals surface area (Å²) in [6, 6.07) is 13.0. The maximum absolute atomic E-state index is 12.9. The number of thiophene rings is 1. The molecule has 2 N–H and O–H groups in total. The van der Waals surface area contributed by atoms with Crippen LogP contribution in [-0.2, 0) is 18.3 Å². The molecule has 0 radical (unpaired) electrons. The SMILES string of the molecule is Cc1nn(C)c(C)c1NC(=O)C[NH+]1CCc2sccc2[C@H]1c1ccccc1. The van der Waals surface area contributed by atoms with Crippen molar-refractivity contribution in [3.63, 3.8) is 0 Å². The van der Waals surface area contributed by atoms with E-state index >= 15 is 0 Å². The number of hydrogen-bond donors (Lipinski definition) is 2. The fourth-order valence-corrected chi connectivity index (χ4v) is 4.97. The minimum absolute atomic E-state index is 0.0452. The first kappa shape index (κ1) is 17.9. The van der Waals surface area contributed by atoms with E-state index in [1.165, 1.54) is 20.9 Å². The van der Waals surface area contributed by atoms with Crippen molar-refractivity contribution in [3.05, 3.63) is 69.2 Å². The lowest BCUT2D eigenvalue weighted by Gasteiger charge is -2.32. The van der Waals surface area contributed by atoms with Gasteiger partial charge in [0.2, 0.25) is 0 Å². The van der Waals surface area contributed by atoms with Gasteiger partial charge in [0, 0.05) is 29.5 Å². The second-order valence-electron chi connectivity index (χ2n) is 7.20. The van der Waals surface area contributed by atoms with Crippen molar-refractivity contribution in [2.24, 2.45) is 7.05 Å². The van der Waals surface area contributed by atoms with Gasteiger partial charge in [-0.3, -0.25) is 9.48 Å². The zero-order valence-electron chi connectivity index (χ0n) is 16.0. The van der Waals surface area contributed by atoms with Crippen LogP contribution in [0, 0.1) is 13.8 Å². The third kappa shape index (κ3) is 3.42. The molecule has 0 fully saturated rings. The van der Waals surface area contributed by atoms with Gasteiger partial charge in [-0.1, -0.05) is 30.3 Å². The summed E-state index contributed by atoms with van der Waals surface area (Å²) in [5, 5.41) is 9.66. The van der Waals surface area contributed by atoms with Crippen molar-refractivity contribution < 1.29 is 9.69 Å². The molecule has 2 atom stereocenters. The summed E-state index contributed by atoms with van der Waals surface area (Å²) in [5.74, 6) is 0.0452. The number of nitrogens with one attached hydrogen (secondary N) is 2. The van der Waals surface area contributed by atoms with Crippen molar-refractivity contribution in [2.75, 3.05) is 18.4 Å². The zero-order chi connectivity index (χ0) is 19.0. The Labute approximate surface area is 163 Å². The number of benzene rings is 1. The summed E-state index contributed by atoms with van der Waals surface area (Å²) in [6.45, 7) is 5.32. The number of carbonyl (C=O) groups is 1. The van der Waals surface area contributed by atoms with Crippen LogP contribution in [-0.4, -0.2) is 28.8 Å². The molecule has 1 unspecified atom stereocenters. The molecule has 4 rings (SSSR count). The van der Waals surface area contributed by atoms with E-state index in [0.717, 1.165) is 30.0 Å². The third-order valence-electron chi connectivity index (χ3n) is 5.47. The minimum atomic E-state index is 0.0452. The Morgan fingerprint density at radius 3 is 2.78 bits per heavy atom. The summed E-state index contributed by atoms with van der Waals surface area (Å²) in [4.78, 5) is 15.6. The molecule has 1 aromatic carbocycles. The molecule has 0 spiro atoms. The van der Waals surface area contributed by atoms with Crippen LogP contribution in [0.3, 0.4) is 0 Å². The molecule has 3 heterocycles. The van der Waals surface area contributed by atoms with E-state index in [9.17, 15) is 4.79 Å². The van der Waals surface area contributed by atoms with Gasteiger partial charge in [-0.2, -0.15) is 5.10 Å². The number of aromatic nitrogens is 2. The summed E-state index contributed by atoms with van der Waals surface area (Å²) >= 11 is 1.83. The standard InChI is InChI=1S/C21H24N4OS/c1-14-20(15(2)24(3)23-14)22-19(26)13-25-11-9-18-17(10-12-27-18)21(25)16-7-5-4-6-8-16/h4-8,10,12,21H,9,11,13H2,1-3H3,(H,22,26)/p+1/t21-/m1/s1. The van der Waals surface area contributed by atoms with Gasteiger partial charge in [0.1, 0.15) is 6.04 Å². The van der Waals surface area contributed by atoms with E-state index in [2.05, 4.69) is 46.1 Å². The average molecular weight is 382 g/mol. The summed E-state index contributed by atoms with van der Waals surface area (Å²) in [5.41, 5.74) is 5.32. The number of amides is 1. The molecule has 27 heavy (non-hydrogen) atoms. The number of nitrogens with zero attached hydrogens (tertiary/aromatic N) is 2. The number of fused-ring (bicyclic) bond motifs is 1. The van der Waals surface area contributed by atoms with Gasteiger partial charge in [-0.25, -0.2) is 0 Å². The zero-order valence-corrected chi connectivity index (χ0v) is 16.8. The Bertz CT molecular complexity index is 960. The number of aryl methyl sites for hydroxylation is 2. The van der Waals surface area contributed by atoms with Crippen molar-refractivity contribution in [1.29, 1.82) is 0 Å². The molecule has 1 amide bonds. The Kier molecular flexibility index (Phi) is 4.85. The van der Waals surface area contributed by atoms with Crippen molar-refractivity contribution in [2.45, 2.75) is 26.3 Å². The van der Waals surface area contributed by atoms with Gasteiger partial charge in [0.05, 0.1) is 23.6 Å². The highest BCUT2D eigenvalue weighted by molar-refractivity contribution is 7.10. The first-order valence-corrected chi connectivity index (χ1v) is 10.2. The first-order valence-electron chi connectivity index (χ1n) is 9.30. The largest absolute Gasteiger partial charge is 0.318 e. The number of rotatable bonds is 4.